The average Bonchev–Trinajstić information content (AvgIpc) is 2.87. The largest absolute Gasteiger partial charge is 0.369 e. The van der Waals surface area contributed by atoms with E-state index in [1.54, 1.807) is 0 Å². The number of rotatable bonds is 4. The highest BCUT2D eigenvalue weighted by Crippen LogP contribution is 2.24. The molecule has 3 rings (SSSR count). The molecule has 1 aliphatic rings. The lowest BCUT2D eigenvalue weighted by molar-refractivity contribution is 0.568. The van der Waals surface area contributed by atoms with Gasteiger partial charge in [0.15, 0.2) is 5.65 Å². The third-order valence-electron chi connectivity index (χ3n) is 3.76. The summed E-state index contributed by atoms with van der Waals surface area (Å²) in [5.41, 5.74) is 0.902. The van der Waals surface area contributed by atoms with Gasteiger partial charge in [0.2, 0.25) is 5.95 Å². The van der Waals surface area contributed by atoms with Crippen molar-refractivity contribution >= 4 is 22.8 Å². The lowest BCUT2D eigenvalue weighted by Crippen LogP contribution is -2.31. The van der Waals surface area contributed by atoms with Gasteiger partial charge in [0.1, 0.15) is 5.82 Å². The molecule has 0 bridgehead atoms. The molecule has 1 aliphatic heterocycles. The molecule has 0 atom stereocenters. The van der Waals surface area contributed by atoms with E-state index in [0.29, 0.717) is 0 Å². The Labute approximate surface area is 119 Å². The number of piperidine rings is 1. The maximum Gasteiger partial charge on any atom is 0.229 e. The van der Waals surface area contributed by atoms with Crippen molar-refractivity contribution in [1.29, 1.82) is 0 Å². The lowest BCUT2D eigenvalue weighted by Gasteiger charge is -2.27. The Kier molecular flexibility index (Phi) is 3.71. The van der Waals surface area contributed by atoms with Crippen molar-refractivity contribution in [2.24, 2.45) is 7.05 Å². The standard InChI is InChI=1S/C14H22N6/c1-3-7-15-12-11-10-16-19(2)13(11)18-14(17-12)20-8-5-4-6-9-20/h10H,3-9H2,1-2H3,(H,15,17,18). The number of hydrogen-bond donors (Lipinski definition) is 1. The molecule has 1 fully saturated rings. The van der Waals surface area contributed by atoms with Crippen molar-refractivity contribution in [3.8, 4) is 0 Å². The minimum atomic E-state index is 0.833. The van der Waals surface area contributed by atoms with Crippen LogP contribution in [0.5, 0.6) is 0 Å². The van der Waals surface area contributed by atoms with Gasteiger partial charge in [-0.2, -0.15) is 15.1 Å². The molecule has 0 amide bonds. The third-order valence-corrected chi connectivity index (χ3v) is 3.76. The Hall–Kier alpha value is -1.85. The van der Waals surface area contributed by atoms with E-state index in [1.807, 2.05) is 17.9 Å². The molecule has 1 saturated heterocycles. The SMILES string of the molecule is CCCNc1nc(N2CCCCC2)nc2c1cnn2C. The van der Waals surface area contributed by atoms with Crippen molar-refractivity contribution in [2.45, 2.75) is 32.6 Å². The van der Waals surface area contributed by atoms with Crippen LogP contribution in [-0.4, -0.2) is 39.4 Å². The molecule has 0 aliphatic carbocycles. The minimum absolute atomic E-state index is 0.833. The normalized spacial score (nSPS) is 15.8. The molecule has 0 radical (unpaired) electrons. The molecule has 0 aromatic carbocycles. The van der Waals surface area contributed by atoms with Crippen molar-refractivity contribution in [1.82, 2.24) is 19.7 Å². The van der Waals surface area contributed by atoms with Crippen LogP contribution in [0.15, 0.2) is 6.20 Å². The molecule has 0 spiro atoms. The lowest BCUT2D eigenvalue weighted by atomic mass is 10.1. The molecule has 20 heavy (non-hydrogen) atoms. The van der Waals surface area contributed by atoms with E-state index in [4.69, 9.17) is 9.97 Å². The van der Waals surface area contributed by atoms with Crippen LogP contribution in [0.1, 0.15) is 32.6 Å². The van der Waals surface area contributed by atoms with E-state index in [0.717, 1.165) is 48.9 Å². The Morgan fingerprint density at radius 2 is 2.00 bits per heavy atom. The van der Waals surface area contributed by atoms with E-state index >= 15 is 0 Å². The second-order valence-electron chi connectivity index (χ2n) is 5.35. The predicted octanol–water partition coefficient (Wildman–Crippen LogP) is 2.18. The van der Waals surface area contributed by atoms with Gasteiger partial charge >= 0.3 is 0 Å². The smallest absolute Gasteiger partial charge is 0.229 e. The highest BCUT2D eigenvalue weighted by molar-refractivity contribution is 5.87. The van der Waals surface area contributed by atoms with Crippen molar-refractivity contribution < 1.29 is 0 Å². The van der Waals surface area contributed by atoms with Crippen LogP contribution in [0.4, 0.5) is 11.8 Å². The summed E-state index contributed by atoms with van der Waals surface area (Å²) in [5, 5.41) is 8.71. The summed E-state index contributed by atoms with van der Waals surface area (Å²) < 4.78 is 1.82. The maximum atomic E-state index is 4.73. The van der Waals surface area contributed by atoms with E-state index in [2.05, 4.69) is 22.2 Å². The zero-order valence-electron chi connectivity index (χ0n) is 12.3. The van der Waals surface area contributed by atoms with Crippen LogP contribution >= 0.6 is 0 Å². The number of nitrogens with one attached hydrogen (secondary N) is 1. The number of aryl methyl sites for hydroxylation is 1. The van der Waals surface area contributed by atoms with Gasteiger partial charge in [-0.3, -0.25) is 4.68 Å². The topological polar surface area (TPSA) is 58.9 Å². The molecular formula is C14H22N6. The Morgan fingerprint density at radius 1 is 1.20 bits per heavy atom. The minimum Gasteiger partial charge on any atom is -0.369 e. The first-order valence-corrected chi connectivity index (χ1v) is 7.48. The fourth-order valence-corrected chi connectivity index (χ4v) is 2.62. The summed E-state index contributed by atoms with van der Waals surface area (Å²) in [6.07, 6.45) is 6.68. The molecule has 0 unspecified atom stereocenters. The second-order valence-corrected chi connectivity index (χ2v) is 5.35. The molecular weight excluding hydrogens is 252 g/mol. The van der Waals surface area contributed by atoms with Gasteiger partial charge in [0.05, 0.1) is 11.6 Å². The first-order chi connectivity index (χ1) is 9.79. The van der Waals surface area contributed by atoms with Gasteiger partial charge < -0.3 is 10.2 Å². The number of nitrogens with zero attached hydrogens (tertiary/aromatic N) is 5. The summed E-state index contributed by atoms with van der Waals surface area (Å²) in [4.78, 5) is 11.7. The fraction of sp³-hybridized carbons (Fsp3) is 0.643. The molecule has 3 heterocycles. The van der Waals surface area contributed by atoms with Gasteiger partial charge in [-0.15, -0.1) is 0 Å². The molecule has 2 aromatic heterocycles. The van der Waals surface area contributed by atoms with Crippen LogP contribution < -0.4 is 10.2 Å². The summed E-state index contributed by atoms with van der Waals surface area (Å²) in [5.74, 6) is 1.74. The summed E-state index contributed by atoms with van der Waals surface area (Å²) in [7, 11) is 1.93. The third kappa shape index (κ3) is 2.42. The van der Waals surface area contributed by atoms with Crippen LogP contribution in [0, 0.1) is 0 Å². The summed E-state index contributed by atoms with van der Waals surface area (Å²) in [6.45, 7) is 5.17. The van der Waals surface area contributed by atoms with Crippen molar-refractivity contribution in [2.75, 3.05) is 29.9 Å². The van der Waals surface area contributed by atoms with Gasteiger partial charge in [0.25, 0.3) is 0 Å². The van der Waals surface area contributed by atoms with Crippen molar-refractivity contribution in [3.63, 3.8) is 0 Å². The summed E-state index contributed by atoms with van der Waals surface area (Å²) >= 11 is 0. The van der Waals surface area contributed by atoms with Crippen LogP contribution in [0.3, 0.4) is 0 Å². The molecule has 6 nitrogen and oxygen atoms in total. The van der Waals surface area contributed by atoms with Gasteiger partial charge in [0, 0.05) is 26.7 Å². The zero-order valence-corrected chi connectivity index (χ0v) is 12.3. The number of fused-ring (bicyclic) bond motifs is 1. The van der Waals surface area contributed by atoms with Gasteiger partial charge in [-0.05, 0) is 25.7 Å². The maximum absolute atomic E-state index is 4.73. The molecule has 108 valence electrons. The monoisotopic (exact) mass is 274 g/mol. The number of hydrogen-bond acceptors (Lipinski definition) is 5. The van der Waals surface area contributed by atoms with Gasteiger partial charge in [-0.1, -0.05) is 6.92 Å². The van der Waals surface area contributed by atoms with Crippen LogP contribution in [0.25, 0.3) is 11.0 Å². The van der Waals surface area contributed by atoms with E-state index in [1.165, 1.54) is 19.3 Å². The van der Waals surface area contributed by atoms with Crippen LogP contribution in [0.2, 0.25) is 0 Å². The average molecular weight is 274 g/mol. The van der Waals surface area contributed by atoms with E-state index in [-0.39, 0.29) is 0 Å². The molecule has 6 heteroatoms. The predicted molar refractivity (Wildman–Crippen MR) is 81.1 cm³/mol. The number of anilines is 2. The summed E-state index contributed by atoms with van der Waals surface area (Å²) in [6, 6.07) is 0. The Bertz CT molecular complexity index is 585. The molecule has 1 N–H and O–H groups in total. The molecule has 0 saturated carbocycles. The first-order valence-electron chi connectivity index (χ1n) is 7.48. The van der Waals surface area contributed by atoms with E-state index < -0.39 is 0 Å². The Morgan fingerprint density at radius 3 is 2.75 bits per heavy atom. The highest BCUT2D eigenvalue weighted by atomic mass is 15.3. The van der Waals surface area contributed by atoms with E-state index in [9.17, 15) is 0 Å². The number of aromatic nitrogens is 4. The van der Waals surface area contributed by atoms with Crippen LogP contribution in [-0.2, 0) is 7.05 Å². The fourth-order valence-electron chi connectivity index (χ4n) is 2.62. The highest BCUT2D eigenvalue weighted by Gasteiger charge is 2.17. The Balaban J connectivity index is 2.01. The molecule has 2 aromatic rings. The first kappa shape index (κ1) is 13.1. The quantitative estimate of drug-likeness (QED) is 0.926. The second kappa shape index (κ2) is 5.64. The zero-order chi connectivity index (χ0) is 13.9. The van der Waals surface area contributed by atoms with Crippen molar-refractivity contribution in [3.05, 3.63) is 6.20 Å². The van der Waals surface area contributed by atoms with Gasteiger partial charge in [-0.25, -0.2) is 0 Å².